The fraction of sp³-hybridized carbons (Fsp3) is 0.500. The lowest BCUT2D eigenvalue weighted by Gasteiger charge is -2.16. The number of hydrogen-bond donors (Lipinski definition) is 2. The molecule has 0 aliphatic carbocycles. The molecule has 0 radical (unpaired) electrons. The largest absolute Gasteiger partial charge is 0.358 e. The van der Waals surface area contributed by atoms with E-state index in [2.05, 4.69) is 15.5 Å². The number of amides is 2. The standard InChI is InChI=1S/C10H16N4O2/c1-6-9(7(2)13-12-6)10(16)14(4)5-8(15)11-3/h5H2,1-4H3,(H,11,15)(H,12,13). The van der Waals surface area contributed by atoms with Crippen LogP contribution in [0.2, 0.25) is 0 Å². The van der Waals surface area contributed by atoms with Gasteiger partial charge in [0.2, 0.25) is 5.91 Å². The molecular weight excluding hydrogens is 208 g/mol. The summed E-state index contributed by atoms with van der Waals surface area (Å²) in [6.07, 6.45) is 0. The molecule has 6 nitrogen and oxygen atoms in total. The number of nitrogens with zero attached hydrogens (tertiary/aromatic N) is 2. The van der Waals surface area contributed by atoms with E-state index in [9.17, 15) is 9.59 Å². The maximum Gasteiger partial charge on any atom is 0.257 e. The van der Waals surface area contributed by atoms with Gasteiger partial charge in [-0.25, -0.2) is 0 Å². The molecule has 0 fully saturated rings. The van der Waals surface area contributed by atoms with Gasteiger partial charge in [-0.15, -0.1) is 0 Å². The average Bonchev–Trinajstić information content (AvgIpc) is 2.57. The molecule has 1 aromatic rings. The van der Waals surface area contributed by atoms with Gasteiger partial charge in [-0.1, -0.05) is 0 Å². The van der Waals surface area contributed by atoms with Crippen molar-refractivity contribution in [3.63, 3.8) is 0 Å². The lowest BCUT2D eigenvalue weighted by Crippen LogP contribution is -2.37. The van der Waals surface area contributed by atoms with Crippen LogP contribution in [0.25, 0.3) is 0 Å². The number of aromatic amines is 1. The highest BCUT2D eigenvalue weighted by atomic mass is 16.2. The predicted octanol–water partition coefficient (Wildman–Crippen LogP) is -0.155. The summed E-state index contributed by atoms with van der Waals surface area (Å²) in [5, 5.41) is 9.16. The van der Waals surface area contributed by atoms with Crippen molar-refractivity contribution in [3.8, 4) is 0 Å². The number of likely N-dealkylation sites (N-methyl/N-ethyl adjacent to an activating group) is 2. The predicted molar refractivity (Wildman–Crippen MR) is 59.1 cm³/mol. The zero-order chi connectivity index (χ0) is 12.3. The van der Waals surface area contributed by atoms with E-state index in [4.69, 9.17) is 0 Å². The summed E-state index contributed by atoms with van der Waals surface area (Å²) in [5.74, 6) is -0.401. The number of hydrogen-bond acceptors (Lipinski definition) is 3. The Morgan fingerprint density at radius 1 is 1.44 bits per heavy atom. The second kappa shape index (κ2) is 4.78. The Balaban J connectivity index is 2.82. The Morgan fingerprint density at radius 2 is 2.06 bits per heavy atom. The van der Waals surface area contributed by atoms with E-state index in [1.165, 1.54) is 11.9 Å². The van der Waals surface area contributed by atoms with E-state index < -0.39 is 0 Å². The lowest BCUT2D eigenvalue weighted by molar-refractivity contribution is -0.121. The first-order chi connectivity index (χ1) is 7.47. The molecule has 2 amide bonds. The molecule has 0 aliphatic heterocycles. The summed E-state index contributed by atoms with van der Waals surface area (Å²) >= 11 is 0. The van der Waals surface area contributed by atoms with Gasteiger partial charge in [0, 0.05) is 19.8 Å². The van der Waals surface area contributed by atoms with E-state index in [0.717, 1.165) is 0 Å². The number of carbonyl (C=O) groups is 2. The van der Waals surface area contributed by atoms with Gasteiger partial charge < -0.3 is 10.2 Å². The van der Waals surface area contributed by atoms with E-state index in [-0.39, 0.29) is 18.4 Å². The van der Waals surface area contributed by atoms with E-state index in [1.54, 1.807) is 20.9 Å². The quantitative estimate of drug-likeness (QED) is 0.749. The molecule has 0 aromatic carbocycles. The SMILES string of the molecule is CNC(=O)CN(C)C(=O)c1c(C)n[nH]c1C. The summed E-state index contributed by atoms with van der Waals surface area (Å²) in [7, 11) is 3.12. The zero-order valence-corrected chi connectivity index (χ0v) is 9.92. The minimum absolute atomic E-state index is 0.0411. The van der Waals surface area contributed by atoms with Gasteiger partial charge >= 0.3 is 0 Å². The van der Waals surface area contributed by atoms with Gasteiger partial charge in [0.05, 0.1) is 17.8 Å². The molecule has 88 valence electrons. The number of aryl methyl sites for hydroxylation is 2. The third kappa shape index (κ3) is 2.39. The summed E-state index contributed by atoms with van der Waals surface area (Å²) < 4.78 is 0. The normalized spacial score (nSPS) is 10.0. The van der Waals surface area contributed by atoms with Crippen LogP contribution in [0.15, 0.2) is 0 Å². The van der Waals surface area contributed by atoms with Crippen LogP contribution in [0.4, 0.5) is 0 Å². The van der Waals surface area contributed by atoms with Crippen molar-refractivity contribution in [2.45, 2.75) is 13.8 Å². The Bertz CT molecular complexity index is 391. The fourth-order valence-electron chi connectivity index (χ4n) is 1.42. The highest BCUT2D eigenvalue weighted by Crippen LogP contribution is 2.11. The smallest absolute Gasteiger partial charge is 0.257 e. The van der Waals surface area contributed by atoms with Crippen molar-refractivity contribution in [2.75, 3.05) is 20.6 Å². The molecule has 0 unspecified atom stereocenters. The van der Waals surface area contributed by atoms with E-state index >= 15 is 0 Å². The van der Waals surface area contributed by atoms with E-state index in [1.807, 2.05) is 0 Å². The monoisotopic (exact) mass is 224 g/mol. The molecule has 1 aromatic heterocycles. The average molecular weight is 224 g/mol. The van der Waals surface area contributed by atoms with E-state index in [0.29, 0.717) is 17.0 Å². The van der Waals surface area contributed by atoms with Gasteiger partial charge in [0.15, 0.2) is 0 Å². The van der Waals surface area contributed by atoms with Crippen LogP contribution in [0, 0.1) is 13.8 Å². The summed E-state index contributed by atoms with van der Waals surface area (Å²) in [5.41, 5.74) is 1.89. The van der Waals surface area contributed by atoms with Crippen LogP contribution in [0.1, 0.15) is 21.7 Å². The lowest BCUT2D eigenvalue weighted by atomic mass is 10.2. The fourth-order valence-corrected chi connectivity index (χ4v) is 1.42. The Labute approximate surface area is 94.0 Å². The minimum atomic E-state index is -0.202. The molecule has 0 aliphatic rings. The molecule has 0 atom stereocenters. The molecule has 0 bridgehead atoms. The van der Waals surface area contributed by atoms with Gasteiger partial charge in [0.25, 0.3) is 5.91 Å². The van der Waals surface area contributed by atoms with Crippen LogP contribution in [-0.2, 0) is 4.79 Å². The molecule has 1 heterocycles. The molecule has 2 N–H and O–H groups in total. The summed E-state index contributed by atoms with van der Waals surface area (Å²) in [6, 6.07) is 0. The van der Waals surface area contributed by atoms with Crippen molar-refractivity contribution in [1.29, 1.82) is 0 Å². The first-order valence-electron chi connectivity index (χ1n) is 4.95. The zero-order valence-electron chi connectivity index (χ0n) is 9.92. The molecule has 0 spiro atoms. The molecule has 1 rings (SSSR count). The second-order valence-electron chi connectivity index (χ2n) is 3.64. The second-order valence-corrected chi connectivity index (χ2v) is 3.64. The van der Waals surface area contributed by atoms with Crippen LogP contribution in [-0.4, -0.2) is 47.6 Å². The topological polar surface area (TPSA) is 78.1 Å². The third-order valence-corrected chi connectivity index (χ3v) is 2.35. The highest BCUT2D eigenvalue weighted by molar-refractivity contribution is 5.98. The highest BCUT2D eigenvalue weighted by Gasteiger charge is 2.20. The third-order valence-electron chi connectivity index (χ3n) is 2.35. The number of nitrogens with one attached hydrogen (secondary N) is 2. The van der Waals surface area contributed by atoms with Crippen LogP contribution in [0.3, 0.4) is 0 Å². The number of rotatable bonds is 3. The molecular formula is C10H16N4O2. The molecule has 0 saturated carbocycles. The van der Waals surface area contributed by atoms with Crippen LogP contribution < -0.4 is 5.32 Å². The van der Waals surface area contributed by atoms with Gasteiger partial charge in [-0.05, 0) is 13.8 Å². The number of aromatic nitrogens is 2. The van der Waals surface area contributed by atoms with Gasteiger partial charge in [-0.3, -0.25) is 14.7 Å². The number of H-pyrrole nitrogens is 1. The maximum absolute atomic E-state index is 12.0. The molecule has 0 saturated heterocycles. The van der Waals surface area contributed by atoms with Crippen molar-refractivity contribution in [2.24, 2.45) is 0 Å². The van der Waals surface area contributed by atoms with Crippen molar-refractivity contribution in [3.05, 3.63) is 17.0 Å². The maximum atomic E-state index is 12.0. The van der Waals surface area contributed by atoms with Crippen molar-refractivity contribution >= 4 is 11.8 Å². The summed E-state index contributed by atoms with van der Waals surface area (Å²) in [6.45, 7) is 3.57. The summed E-state index contributed by atoms with van der Waals surface area (Å²) in [4.78, 5) is 24.5. The van der Waals surface area contributed by atoms with Crippen LogP contribution in [0.5, 0.6) is 0 Å². The number of carbonyl (C=O) groups excluding carboxylic acids is 2. The molecule has 16 heavy (non-hydrogen) atoms. The first-order valence-corrected chi connectivity index (χ1v) is 4.95. The Hall–Kier alpha value is -1.85. The minimum Gasteiger partial charge on any atom is -0.358 e. The first kappa shape index (κ1) is 12.2. The molecule has 6 heteroatoms. The van der Waals surface area contributed by atoms with Crippen molar-refractivity contribution < 1.29 is 9.59 Å². The van der Waals surface area contributed by atoms with Gasteiger partial charge in [0.1, 0.15) is 0 Å². The van der Waals surface area contributed by atoms with Crippen LogP contribution >= 0.6 is 0 Å². The Morgan fingerprint density at radius 3 is 2.50 bits per heavy atom. The van der Waals surface area contributed by atoms with Gasteiger partial charge in [-0.2, -0.15) is 5.10 Å². The Kier molecular flexibility index (Phi) is 3.65. The van der Waals surface area contributed by atoms with Crippen molar-refractivity contribution in [1.82, 2.24) is 20.4 Å².